The Morgan fingerprint density at radius 3 is 2.71 bits per heavy atom. The molecule has 0 N–H and O–H groups in total. The summed E-state index contributed by atoms with van der Waals surface area (Å²) in [6.07, 6.45) is 0. The smallest absolute Gasteiger partial charge is 0.273 e. The van der Waals surface area contributed by atoms with Crippen LogP contribution in [0.5, 0.6) is 0 Å². The number of aromatic nitrogens is 2. The molecule has 0 unspecified atom stereocenters. The van der Waals surface area contributed by atoms with Crippen molar-refractivity contribution >= 4 is 17.7 Å². The van der Waals surface area contributed by atoms with Crippen LogP contribution in [0, 0.1) is 0 Å². The van der Waals surface area contributed by atoms with Crippen LogP contribution in [0.2, 0.25) is 0 Å². The summed E-state index contributed by atoms with van der Waals surface area (Å²) in [5.41, 5.74) is 1.16. The number of carbonyl (C=O) groups is 1. The summed E-state index contributed by atoms with van der Waals surface area (Å²) in [6, 6.07) is 10.8. The van der Waals surface area contributed by atoms with Crippen LogP contribution < -0.4 is 5.56 Å². The van der Waals surface area contributed by atoms with Crippen molar-refractivity contribution in [1.29, 1.82) is 0 Å². The molecule has 1 aromatic carbocycles. The lowest BCUT2D eigenvalue weighted by Gasteiger charge is -2.08. The molecule has 2 heterocycles. The third-order valence-electron chi connectivity index (χ3n) is 2.54. The summed E-state index contributed by atoms with van der Waals surface area (Å²) in [4.78, 5) is 27.1. The van der Waals surface area contributed by atoms with Crippen LogP contribution in [0.1, 0.15) is 4.79 Å². The number of benzene rings is 1. The zero-order chi connectivity index (χ0) is 11.8. The Bertz CT molecular complexity index is 649. The zero-order valence-electron chi connectivity index (χ0n) is 8.79. The van der Waals surface area contributed by atoms with Crippen molar-refractivity contribution in [2.75, 3.05) is 5.75 Å². The number of fused-ring (bicyclic) bond motifs is 1. The van der Waals surface area contributed by atoms with Crippen molar-refractivity contribution in [3.8, 4) is 11.3 Å². The first-order valence-electron chi connectivity index (χ1n) is 5.11. The van der Waals surface area contributed by atoms with Gasteiger partial charge in [-0.05, 0) is 5.56 Å². The Balaban J connectivity index is 2.31. The van der Waals surface area contributed by atoms with E-state index in [0.717, 1.165) is 5.56 Å². The lowest BCUT2D eigenvalue weighted by Crippen LogP contribution is -2.17. The van der Waals surface area contributed by atoms with E-state index in [4.69, 9.17) is 0 Å². The topological polar surface area (TPSA) is 52.0 Å². The van der Waals surface area contributed by atoms with Gasteiger partial charge in [0.1, 0.15) is 0 Å². The van der Waals surface area contributed by atoms with Crippen molar-refractivity contribution in [1.82, 2.24) is 9.55 Å². The van der Waals surface area contributed by atoms with Gasteiger partial charge in [0.25, 0.3) is 5.56 Å². The highest BCUT2D eigenvalue weighted by Crippen LogP contribution is 2.28. The van der Waals surface area contributed by atoms with Crippen molar-refractivity contribution < 1.29 is 4.79 Å². The standard InChI is InChI=1S/C12H8N2O2S/c15-10-6-9(8-4-2-1-3-5-8)14-11(16)7-17-12(14)13-10/h1-6H,7H2. The average Bonchev–Trinajstić information content (AvgIpc) is 2.71. The summed E-state index contributed by atoms with van der Waals surface area (Å²) in [6.45, 7) is 0. The maximum atomic E-state index is 11.8. The summed E-state index contributed by atoms with van der Waals surface area (Å²) in [5.74, 6) is 0.312. The van der Waals surface area contributed by atoms with E-state index in [1.54, 1.807) is 0 Å². The highest BCUT2D eigenvalue weighted by molar-refractivity contribution is 8.00. The fraction of sp³-hybridized carbons (Fsp3) is 0.0833. The lowest BCUT2D eigenvalue weighted by atomic mass is 10.1. The van der Waals surface area contributed by atoms with Crippen LogP contribution in [-0.4, -0.2) is 21.2 Å². The minimum atomic E-state index is -0.308. The molecule has 0 bridgehead atoms. The summed E-state index contributed by atoms with van der Waals surface area (Å²) in [7, 11) is 0. The number of hydrogen-bond acceptors (Lipinski definition) is 4. The van der Waals surface area contributed by atoms with Crippen LogP contribution in [-0.2, 0) is 0 Å². The van der Waals surface area contributed by atoms with Crippen LogP contribution in [0.25, 0.3) is 11.3 Å². The zero-order valence-corrected chi connectivity index (χ0v) is 9.61. The van der Waals surface area contributed by atoms with Gasteiger partial charge in [-0.3, -0.25) is 14.2 Å². The van der Waals surface area contributed by atoms with Crippen molar-refractivity contribution in [3.63, 3.8) is 0 Å². The van der Waals surface area contributed by atoms with Gasteiger partial charge in [-0.1, -0.05) is 42.1 Å². The molecule has 0 aliphatic carbocycles. The molecule has 0 radical (unpaired) electrons. The minimum Gasteiger partial charge on any atom is -0.273 e. The monoisotopic (exact) mass is 244 g/mol. The second-order valence-electron chi connectivity index (χ2n) is 3.65. The Labute approximate surface area is 101 Å². The predicted molar refractivity (Wildman–Crippen MR) is 65.3 cm³/mol. The van der Waals surface area contributed by atoms with Gasteiger partial charge >= 0.3 is 0 Å². The fourth-order valence-electron chi connectivity index (χ4n) is 1.81. The van der Waals surface area contributed by atoms with Gasteiger partial charge < -0.3 is 0 Å². The number of nitrogens with zero attached hydrogens (tertiary/aromatic N) is 2. The van der Waals surface area contributed by atoms with Crippen molar-refractivity contribution in [2.45, 2.75) is 5.16 Å². The first-order chi connectivity index (χ1) is 8.25. The Hall–Kier alpha value is -1.88. The van der Waals surface area contributed by atoms with Gasteiger partial charge in [0.2, 0.25) is 5.91 Å². The van der Waals surface area contributed by atoms with Crippen LogP contribution in [0.15, 0.2) is 46.3 Å². The van der Waals surface area contributed by atoms with Gasteiger partial charge in [0.15, 0.2) is 5.16 Å². The largest absolute Gasteiger partial charge is 0.274 e. The van der Waals surface area contributed by atoms with Crippen molar-refractivity contribution in [2.24, 2.45) is 0 Å². The van der Waals surface area contributed by atoms with Gasteiger partial charge in [0.05, 0.1) is 11.4 Å². The van der Waals surface area contributed by atoms with Crippen LogP contribution in [0.4, 0.5) is 0 Å². The second-order valence-corrected chi connectivity index (χ2v) is 4.59. The highest BCUT2D eigenvalue weighted by Gasteiger charge is 2.24. The van der Waals surface area contributed by atoms with E-state index in [1.807, 2.05) is 30.3 Å². The van der Waals surface area contributed by atoms with E-state index in [0.29, 0.717) is 16.6 Å². The maximum Gasteiger partial charge on any atom is 0.274 e. The SMILES string of the molecule is O=C1CSc2nc(=O)cc(-c3ccccc3)n21. The van der Waals surface area contributed by atoms with E-state index in [-0.39, 0.29) is 11.5 Å². The molecule has 0 atom stereocenters. The molecule has 1 aromatic heterocycles. The third kappa shape index (κ3) is 1.68. The van der Waals surface area contributed by atoms with Crippen molar-refractivity contribution in [3.05, 3.63) is 46.8 Å². The molecule has 0 spiro atoms. The molecule has 17 heavy (non-hydrogen) atoms. The van der Waals surface area contributed by atoms with Gasteiger partial charge in [-0.25, -0.2) is 0 Å². The van der Waals surface area contributed by atoms with Crippen LogP contribution >= 0.6 is 11.8 Å². The predicted octanol–water partition coefficient (Wildman–Crippen LogP) is 1.66. The summed E-state index contributed by atoms with van der Waals surface area (Å²) >= 11 is 1.30. The van der Waals surface area contributed by atoms with Gasteiger partial charge in [0, 0.05) is 6.07 Å². The number of hydrogen-bond donors (Lipinski definition) is 0. The molecule has 4 nitrogen and oxygen atoms in total. The van der Waals surface area contributed by atoms with E-state index >= 15 is 0 Å². The Kier molecular flexibility index (Phi) is 2.33. The van der Waals surface area contributed by atoms with E-state index in [9.17, 15) is 9.59 Å². The molecule has 3 rings (SSSR count). The van der Waals surface area contributed by atoms with Gasteiger partial charge in [-0.15, -0.1) is 0 Å². The van der Waals surface area contributed by atoms with E-state index in [1.165, 1.54) is 22.4 Å². The number of carbonyl (C=O) groups excluding carboxylic acids is 1. The molecule has 5 heteroatoms. The number of thioether (sulfide) groups is 1. The molecule has 84 valence electrons. The summed E-state index contributed by atoms with van der Waals surface area (Å²) < 4.78 is 1.52. The normalized spacial score (nSPS) is 13.8. The number of rotatable bonds is 1. The van der Waals surface area contributed by atoms with E-state index < -0.39 is 0 Å². The Morgan fingerprint density at radius 1 is 1.18 bits per heavy atom. The summed E-state index contributed by atoms with van der Waals surface area (Å²) in [5, 5.41) is 0.487. The quantitative estimate of drug-likeness (QED) is 0.716. The van der Waals surface area contributed by atoms with Crippen LogP contribution in [0.3, 0.4) is 0 Å². The molecular formula is C12H8N2O2S. The minimum absolute atomic E-state index is 0.0312. The molecule has 1 aliphatic heterocycles. The third-order valence-corrected chi connectivity index (χ3v) is 3.47. The first kappa shape index (κ1) is 10.3. The van der Waals surface area contributed by atoms with Gasteiger partial charge in [-0.2, -0.15) is 4.98 Å². The maximum absolute atomic E-state index is 11.8. The highest BCUT2D eigenvalue weighted by atomic mass is 32.2. The van der Waals surface area contributed by atoms with E-state index in [2.05, 4.69) is 4.98 Å². The second kappa shape index (κ2) is 3.85. The fourth-order valence-corrected chi connectivity index (χ4v) is 2.68. The molecular weight excluding hydrogens is 236 g/mol. The molecule has 0 fully saturated rings. The molecule has 2 aromatic rings. The molecule has 0 amide bonds. The average molecular weight is 244 g/mol. The first-order valence-corrected chi connectivity index (χ1v) is 6.10. The molecule has 0 saturated heterocycles. The Morgan fingerprint density at radius 2 is 1.94 bits per heavy atom. The molecule has 1 aliphatic rings. The molecule has 0 saturated carbocycles. The lowest BCUT2D eigenvalue weighted by molar-refractivity contribution is 0.0939.